The average Bonchev–Trinajstić information content (AvgIpc) is 3.35. The van der Waals surface area contributed by atoms with Crippen molar-refractivity contribution in [3.8, 4) is 16.9 Å². The van der Waals surface area contributed by atoms with Gasteiger partial charge in [-0.05, 0) is 36.2 Å². The van der Waals surface area contributed by atoms with Gasteiger partial charge < -0.3 is 10.6 Å². The average molecular weight is 406 g/mol. The van der Waals surface area contributed by atoms with Gasteiger partial charge in [-0.1, -0.05) is 37.6 Å². The highest BCUT2D eigenvalue weighted by molar-refractivity contribution is 5.97. The third kappa shape index (κ3) is 4.25. The normalized spacial score (nSPS) is 15.8. The van der Waals surface area contributed by atoms with Gasteiger partial charge in [0.05, 0.1) is 17.3 Å². The minimum atomic E-state index is -0.423. The van der Waals surface area contributed by atoms with E-state index in [9.17, 15) is 14.0 Å². The van der Waals surface area contributed by atoms with Gasteiger partial charge in [-0.3, -0.25) is 9.59 Å². The molecule has 154 valence electrons. The molecule has 2 heterocycles. The maximum absolute atomic E-state index is 13.9. The molecule has 3 aromatic rings. The van der Waals surface area contributed by atoms with E-state index >= 15 is 0 Å². The van der Waals surface area contributed by atoms with Crippen LogP contribution in [0.3, 0.4) is 0 Å². The minimum absolute atomic E-state index is 0.131. The zero-order valence-electron chi connectivity index (χ0n) is 16.7. The molecule has 0 spiro atoms. The van der Waals surface area contributed by atoms with E-state index in [-0.39, 0.29) is 24.1 Å². The number of aromatic nitrogens is 2. The molecule has 0 aliphatic carbocycles. The summed E-state index contributed by atoms with van der Waals surface area (Å²) in [5.41, 5.74) is 3.43. The Hall–Kier alpha value is -3.48. The van der Waals surface area contributed by atoms with E-state index in [1.807, 2.05) is 12.1 Å². The summed E-state index contributed by atoms with van der Waals surface area (Å²) >= 11 is 0. The second kappa shape index (κ2) is 8.49. The zero-order valence-corrected chi connectivity index (χ0v) is 16.7. The first kappa shape index (κ1) is 19.8. The van der Waals surface area contributed by atoms with Gasteiger partial charge in [0, 0.05) is 24.6 Å². The molecule has 1 unspecified atom stereocenters. The lowest BCUT2D eigenvalue weighted by molar-refractivity contribution is -0.123. The van der Waals surface area contributed by atoms with Gasteiger partial charge in [0.1, 0.15) is 5.82 Å². The highest BCUT2D eigenvalue weighted by Gasteiger charge is 2.28. The Kier molecular flexibility index (Phi) is 5.61. The van der Waals surface area contributed by atoms with Crippen molar-refractivity contribution in [1.82, 2.24) is 15.1 Å². The smallest absolute Gasteiger partial charge is 0.230 e. The van der Waals surface area contributed by atoms with Crippen molar-refractivity contribution >= 4 is 17.6 Å². The fourth-order valence-electron chi connectivity index (χ4n) is 3.65. The van der Waals surface area contributed by atoms with E-state index < -0.39 is 5.92 Å². The first-order valence-corrected chi connectivity index (χ1v) is 10.1. The molecule has 0 radical (unpaired) electrons. The molecule has 4 rings (SSSR count). The second-order valence-electron chi connectivity index (χ2n) is 7.45. The second-order valence-corrected chi connectivity index (χ2v) is 7.45. The highest BCUT2D eigenvalue weighted by Crippen LogP contribution is 2.28. The molecule has 1 aliphatic heterocycles. The number of halogens is 1. The Morgan fingerprint density at radius 2 is 2.07 bits per heavy atom. The Morgan fingerprint density at radius 1 is 1.23 bits per heavy atom. The van der Waals surface area contributed by atoms with E-state index in [1.165, 1.54) is 17.7 Å². The van der Waals surface area contributed by atoms with Crippen LogP contribution in [-0.4, -0.2) is 28.1 Å². The molecular weight excluding hydrogens is 383 g/mol. The summed E-state index contributed by atoms with van der Waals surface area (Å²) in [5.74, 6) is -0.820. The van der Waals surface area contributed by atoms with Crippen LogP contribution in [-0.2, 0) is 16.0 Å². The number of hydrogen-bond acceptors (Lipinski definition) is 3. The Bertz CT molecular complexity index is 1090. The van der Waals surface area contributed by atoms with Crippen molar-refractivity contribution in [2.75, 3.05) is 11.9 Å². The minimum Gasteiger partial charge on any atom is -0.355 e. The molecule has 1 atom stereocenters. The molecule has 6 nitrogen and oxygen atoms in total. The van der Waals surface area contributed by atoms with Crippen LogP contribution in [0.25, 0.3) is 16.9 Å². The summed E-state index contributed by atoms with van der Waals surface area (Å²) in [4.78, 5) is 23.9. The zero-order chi connectivity index (χ0) is 21.1. The topological polar surface area (TPSA) is 76.0 Å². The molecular formula is C23H23FN4O2. The van der Waals surface area contributed by atoms with E-state index in [2.05, 4.69) is 34.8 Å². The van der Waals surface area contributed by atoms with E-state index in [0.717, 1.165) is 24.1 Å². The lowest BCUT2D eigenvalue weighted by Gasteiger charge is -2.09. The summed E-state index contributed by atoms with van der Waals surface area (Å²) < 4.78 is 15.5. The first-order chi connectivity index (χ1) is 14.5. The summed E-state index contributed by atoms with van der Waals surface area (Å²) in [7, 11) is 0. The van der Waals surface area contributed by atoms with Crippen LogP contribution in [0.1, 0.15) is 25.3 Å². The number of rotatable bonds is 6. The fraction of sp³-hybridized carbons (Fsp3) is 0.261. The number of aryl methyl sites for hydroxylation is 1. The summed E-state index contributed by atoms with van der Waals surface area (Å²) in [5, 5.41) is 9.98. The SMILES string of the molecule is CCCc1cccc(-c2cc(NC(=O)C3CNC(=O)C3)nn2-c2cccc(F)c2)c1. The molecule has 30 heavy (non-hydrogen) atoms. The van der Waals surface area contributed by atoms with Crippen LogP contribution in [0, 0.1) is 11.7 Å². The van der Waals surface area contributed by atoms with Gasteiger partial charge in [-0.2, -0.15) is 0 Å². The van der Waals surface area contributed by atoms with Crippen molar-refractivity contribution in [3.63, 3.8) is 0 Å². The van der Waals surface area contributed by atoms with Crippen LogP contribution in [0.2, 0.25) is 0 Å². The predicted octanol–water partition coefficient (Wildman–Crippen LogP) is 3.71. The maximum atomic E-state index is 13.9. The molecule has 2 N–H and O–H groups in total. The molecule has 2 amide bonds. The molecule has 1 aromatic heterocycles. The van der Waals surface area contributed by atoms with Crippen molar-refractivity contribution in [1.29, 1.82) is 0 Å². The monoisotopic (exact) mass is 406 g/mol. The van der Waals surface area contributed by atoms with Crippen molar-refractivity contribution in [2.24, 2.45) is 5.92 Å². The molecule has 0 bridgehead atoms. The van der Waals surface area contributed by atoms with Crippen LogP contribution in [0.5, 0.6) is 0 Å². The lowest BCUT2D eigenvalue weighted by atomic mass is 10.0. The van der Waals surface area contributed by atoms with Crippen molar-refractivity contribution < 1.29 is 14.0 Å². The lowest BCUT2D eigenvalue weighted by Crippen LogP contribution is -2.24. The Balaban J connectivity index is 1.71. The molecule has 0 saturated carbocycles. The van der Waals surface area contributed by atoms with Gasteiger partial charge in [0.25, 0.3) is 0 Å². The summed E-state index contributed by atoms with van der Waals surface area (Å²) in [6.07, 6.45) is 2.15. The van der Waals surface area contributed by atoms with Gasteiger partial charge in [-0.25, -0.2) is 9.07 Å². The van der Waals surface area contributed by atoms with Crippen molar-refractivity contribution in [3.05, 3.63) is 66.0 Å². The Labute approximate surface area is 174 Å². The third-order valence-corrected chi connectivity index (χ3v) is 5.12. The van der Waals surface area contributed by atoms with E-state index in [1.54, 1.807) is 22.9 Å². The number of benzene rings is 2. The van der Waals surface area contributed by atoms with Gasteiger partial charge in [-0.15, -0.1) is 5.10 Å². The third-order valence-electron chi connectivity index (χ3n) is 5.12. The molecule has 2 aromatic carbocycles. The number of carbonyl (C=O) groups is 2. The van der Waals surface area contributed by atoms with Crippen molar-refractivity contribution in [2.45, 2.75) is 26.2 Å². The maximum Gasteiger partial charge on any atom is 0.230 e. The standard InChI is InChI=1S/C23H23FN4O2/c1-2-5-15-6-3-7-16(10-15)20-13-21(26-23(30)17-11-22(29)25-14-17)27-28(20)19-9-4-8-18(24)12-19/h3-4,6-10,12-13,17H,2,5,11,14H2,1H3,(H,25,29)(H,26,27,30). The van der Waals surface area contributed by atoms with Crippen LogP contribution in [0.4, 0.5) is 10.2 Å². The number of nitrogens with zero attached hydrogens (tertiary/aromatic N) is 2. The van der Waals surface area contributed by atoms with Gasteiger partial charge >= 0.3 is 0 Å². The summed E-state index contributed by atoms with van der Waals surface area (Å²) in [6, 6.07) is 16.0. The first-order valence-electron chi connectivity index (χ1n) is 10.1. The molecule has 1 fully saturated rings. The Morgan fingerprint density at radius 3 is 2.80 bits per heavy atom. The molecule has 7 heteroatoms. The van der Waals surface area contributed by atoms with E-state index in [4.69, 9.17) is 0 Å². The number of nitrogens with one attached hydrogen (secondary N) is 2. The van der Waals surface area contributed by atoms with Crippen LogP contribution < -0.4 is 10.6 Å². The van der Waals surface area contributed by atoms with E-state index in [0.29, 0.717) is 18.1 Å². The van der Waals surface area contributed by atoms with Crippen LogP contribution >= 0.6 is 0 Å². The number of carbonyl (C=O) groups excluding carboxylic acids is 2. The number of anilines is 1. The number of hydrogen-bond donors (Lipinski definition) is 2. The quantitative estimate of drug-likeness (QED) is 0.655. The van der Waals surface area contributed by atoms with Gasteiger partial charge in [0.15, 0.2) is 5.82 Å². The largest absolute Gasteiger partial charge is 0.355 e. The molecule has 1 saturated heterocycles. The fourth-order valence-corrected chi connectivity index (χ4v) is 3.65. The number of amides is 2. The highest BCUT2D eigenvalue weighted by atomic mass is 19.1. The summed E-state index contributed by atoms with van der Waals surface area (Å²) in [6.45, 7) is 2.45. The van der Waals surface area contributed by atoms with Gasteiger partial charge in [0.2, 0.25) is 11.8 Å². The molecule has 1 aliphatic rings. The van der Waals surface area contributed by atoms with Crippen LogP contribution in [0.15, 0.2) is 54.6 Å². The predicted molar refractivity (Wildman–Crippen MR) is 113 cm³/mol.